The molecule has 0 radical (unpaired) electrons. The molecule has 2 atom stereocenters. The molecule has 10 heavy (non-hydrogen) atoms. The zero-order valence-corrected chi connectivity index (χ0v) is 6.81. The zero-order valence-electron chi connectivity index (χ0n) is 6.81. The van der Waals surface area contributed by atoms with Gasteiger partial charge >= 0.3 is 0 Å². The van der Waals surface area contributed by atoms with E-state index in [0.29, 0.717) is 12.5 Å². The van der Waals surface area contributed by atoms with Crippen LogP contribution in [0.1, 0.15) is 20.3 Å². The predicted octanol–water partition coefficient (Wildman–Crippen LogP) is 1.69. The van der Waals surface area contributed by atoms with Crippen LogP contribution >= 0.6 is 0 Å². The minimum atomic E-state index is -0.565. The molecule has 1 aliphatic heterocycles. The zero-order chi connectivity index (χ0) is 7.56. The molecule has 0 aliphatic carbocycles. The summed E-state index contributed by atoms with van der Waals surface area (Å²) in [5, 5.41) is 0. The Bertz CT molecular complexity index is 105. The van der Waals surface area contributed by atoms with E-state index in [0.717, 1.165) is 19.5 Å². The van der Waals surface area contributed by atoms with E-state index < -0.39 is 6.17 Å². The van der Waals surface area contributed by atoms with E-state index in [1.54, 1.807) is 0 Å². The Kier molecular flexibility index (Phi) is 2.66. The van der Waals surface area contributed by atoms with E-state index in [4.69, 9.17) is 0 Å². The average molecular weight is 145 g/mol. The van der Waals surface area contributed by atoms with E-state index in [1.165, 1.54) is 0 Å². The quantitative estimate of drug-likeness (QED) is 0.571. The number of alkyl halides is 1. The molecule has 0 N–H and O–H groups in total. The summed E-state index contributed by atoms with van der Waals surface area (Å²) in [6, 6.07) is 0. The van der Waals surface area contributed by atoms with Crippen LogP contribution in [0.15, 0.2) is 0 Å². The molecule has 1 fully saturated rings. The van der Waals surface area contributed by atoms with E-state index in [2.05, 4.69) is 18.7 Å². The monoisotopic (exact) mass is 145 g/mol. The third-order valence-electron chi connectivity index (χ3n) is 2.41. The topological polar surface area (TPSA) is 3.24 Å². The van der Waals surface area contributed by atoms with Crippen molar-refractivity contribution in [2.24, 2.45) is 5.92 Å². The van der Waals surface area contributed by atoms with Crippen molar-refractivity contribution < 1.29 is 4.39 Å². The van der Waals surface area contributed by atoms with Crippen LogP contribution in [0, 0.1) is 5.92 Å². The van der Waals surface area contributed by atoms with Crippen LogP contribution in [0.2, 0.25) is 0 Å². The van der Waals surface area contributed by atoms with Crippen LogP contribution in [0.25, 0.3) is 0 Å². The van der Waals surface area contributed by atoms with Crippen molar-refractivity contribution in [2.45, 2.75) is 26.4 Å². The normalized spacial score (nSPS) is 35.1. The SMILES string of the molecule is CCC1CN(CC)CC1F. The molecular formula is C8H16FN. The molecule has 0 aromatic carbocycles. The molecule has 0 aromatic rings. The maximum atomic E-state index is 13.0. The minimum Gasteiger partial charge on any atom is -0.300 e. The van der Waals surface area contributed by atoms with Gasteiger partial charge in [-0.1, -0.05) is 13.8 Å². The Morgan fingerprint density at radius 2 is 2.10 bits per heavy atom. The van der Waals surface area contributed by atoms with Crippen LogP contribution in [-0.2, 0) is 0 Å². The minimum absolute atomic E-state index is 0.306. The molecule has 1 nitrogen and oxygen atoms in total. The lowest BCUT2D eigenvalue weighted by Gasteiger charge is -2.10. The van der Waals surface area contributed by atoms with E-state index in [9.17, 15) is 4.39 Å². The second kappa shape index (κ2) is 3.33. The van der Waals surface area contributed by atoms with Gasteiger partial charge in [-0.15, -0.1) is 0 Å². The van der Waals surface area contributed by atoms with Gasteiger partial charge < -0.3 is 4.90 Å². The van der Waals surface area contributed by atoms with Crippen LogP contribution in [-0.4, -0.2) is 30.7 Å². The third kappa shape index (κ3) is 1.48. The largest absolute Gasteiger partial charge is 0.300 e. The highest BCUT2D eigenvalue weighted by molar-refractivity contribution is 4.82. The van der Waals surface area contributed by atoms with Gasteiger partial charge in [-0.3, -0.25) is 0 Å². The molecule has 0 bridgehead atoms. The standard InChI is InChI=1S/C8H16FN/c1-3-7-5-10(4-2)6-8(7)9/h7-8H,3-6H2,1-2H3. The van der Waals surface area contributed by atoms with Gasteiger partial charge in [-0.05, 0) is 13.0 Å². The van der Waals surface area contributed by atoms with Gasteiger partial charge in [-0.2, -0.15) is 0 Å². The van der Waals surface area contributed by atoms with Crippen molar-refractivity contribution >= 4 is 0 Å². The summed E-state index contributed by atoms with van der Waals surface area (Å²) >= 11 is 0. The highest BCUT2D eigenvalue weighted by Crippen LogP contribution is 2.21. The fourth-order valence-electron chi connectivity index (χ4n) is 1.56. The average Bonchev–Trinajstić information content (AvgIpc) is 2.30. The summed E-state index contributed by atoms with van der Waals surface area (Å²) in [7, 11) is 0. The van der Waals surface area contributed by atoms with E-state index in [-0.39, 0.29) is 0 Å². The summed E-state index contributed by atoms with van der Waals surface area (Å²) in [4.78, 5) is 2.18. The number of rotatable bonds is 2. The van der Waals surface area contributed by atoms with Gasteiger partial charge in [-0.25, -0.2) is 4.39 Å². The van der Waals surface area contributed by atoms with Crippen molar-refractivity contribution in [2.75, 3.05) is 19.6 Å². The van der Waals surface area contributed by atoms with Crippen LogP contribution in [0.4, 0.5) is 4.39 Å². The van der Waals surface area contributed by atoms with Crippen molar-refractivity contribution in [3.8, 4) is 0 Å². The molecule has 0 spiro atoms. The van der Waals surface area contributed by atoms with Crippen molar-refractivity contribution in [3.63, 3.8) is 0 Å². The van der Waals surface area contributed by atoms with Gasteiger partial charge in [0.25, 0.3) is 0 Å². The highest BCUT2D eigenvalue weighted by atomic mass is 19.1. The number of hydrogen-bond acceptors (Lipinski definition) is 1. The Balaban J connectivity index is 2.36. The van der Waals surface area contributed by atoms with E-state index >= 15 is 0 Å². The fourth-order valence-corrected chi connectivity index (χ4v) is 1.56. The molecule has 0 amide bonds. The van der Waals surface area contributed by atoms with Crippen LogP contribution in [0.5, 0.6) is 0 Å². The van der Waals surface area contributed by atoms with Gasteiger partial charge in [0.2, 0.25) is 0 Å². The van der Waals surface area contributed by atoms with Gasteiger partial charge in [0.1, 0.15) is 6.17 Å². The van der Waals surface area contributed by atoms with Crippen molar-refractivity contribution in [1.29, 1.82) is 0 Å². The summed E-state index contributed by atoms with van der Waals surface area (Å²) in [5.74, 6) is 0.306. The maximum Gasteiger partial charge on any atom is 0.117 e. The summed E-state index contributed by atoms with van der Waals surface area (Å²) in [6.07, 6.45) is 0.419. The molecule has 0 aromatic heterocycles. The second-order valence-corrected chi connectivity index (χ2v) is 3.04. The first-order valence-corrected chi connectivity index (χ1v) is 4.14. The van der Waals surface area contributed by atoms with Gasteiger partial charge in [0.05, 0.1) is 0 Å². The van der Waals surface area contributed by atoms with Crippen molar-refractivity contribution in [3.05, 3.63) is 0 Å². The molecule has 0 saturated carbocycles. The molecule has 1 rings (SSSR count). The highest BCUT2D eigenvalue weighted by Gasteiger charge is 2.29. The Morgan fingerprint density at radius 1 is 1.40 bits per heavy atom. The second-order valence-electron chi connectivity index (χ2n) is 3.04. The lowest BCUT2D eigenvalue weighted by Crippen LogP contribution is -2.20. The third-order valence-corrected chi connectivity index (χ3v) is 2.41. The molecule has 2 unspecified atom stereocenters. The fraction of sp³-hybridized carbons (Fsp3) is 1.00. The smallest absolute Gasteiger partial charge is 0.117 e. The lowest BCUT2D eigenvalue weighted by atomic mass is 10.1. The summed E-state index contributed by atoms with van der Waals surface area (Å²) in [6.45, 7) is 6.78. The number of halogens is 1. The number of hydrogen-bond donors (Lipinski definition) is 0. The summed E-state index contributed by atoms with van der Waals surface area (Å²) in [5.41, 5.74) is 0. The molecule has 1 aliphatic rings. The van der Waals surface area contributed by atoms with Gasteiger partial charge in [0, 0.05) is 19.0 Å². The number of nitrogens with zero attached hydrogens (tertiary/aromatic N) is 1. The lowest BCUT2D eigenvalue weighted by molar-refractivity contribution is 0.271. The molecular weight excluding hydrogens is 129 g/mol. The van der Waals surface area contributed by atoms with Gasteiger partial charge in [0.15, 0.2) is 0 Å². The molecule has 2 heteroatoms. The molecule has 1 heterocycles. The van der Waals surface area contributed by atoms with E-state index in [1.807, 2.05) is 0 Å². The first-order chi connectivity index (χ1) is 4.77. The Labute approximate surface area is 62.2 Å². The number of likely N-dealkylation sites (tertiary alicyclic amines) is 1. The van der Waals surface area contributed by atoms with Crippen molar-refractivity contribution in [1.82, 2.24) is 4.90 Å². The molecule has 1 saturated heterocycles. The maximum absolute atomic E-state index is 13.0. The van der Waals surface area contributed by atoms with Crippen LogP contribution in [0.3, 0.4) is 0 Å². The first-order valence-electron chi connectivity index (χ1n) is 4.14. The van der Waals surface area contributed by atoms with Crippen LogP contribution < -0.4 is 0 Å². The molecule has 60 valence electrons. The predicted molar refractivity (Wildman–Crippen MR) is 40.8 cm³/mol. The Hall–Kier alpha value is -0.110. The first kappa shape index (κ1) is 7.99. The summed E-state index contributed by atoms with van der Waals surface area (Å²) < 4.78 is 13.0. The Morgan fingerprint density at radius 3 is 2.40 bits per heavy atom.